The van der Waals surface area contributed by atoms with Crippen LogP contribution in [0.4, 0.5) is 5.69 Å². The van der Waals surface area contributed by atoms with Crippen molar-refractivity contribution in [1.29, 1.82) is 0 Å². The highest BCUT2D eigenvalue weighted by Crippen LogP contribution is 2.31. The predicted octanol–water partition coefficient (Wildman–Crippen LogP) is 1.63. The Balaban J connectivity index is 1.29. The Bertz CT molecular complexity index is 878. The summed E-state index contributed by atoms with van der Waals surface area (Å²) in [5.74, 6) is 0.0698. The molecule has 2 fully saturated rings. The second-order valence-corrected chi connectivity index (χ2v) is 7.94. The maximum atomic E-state index is 12.6. The fourth-order valence-electron chi connectivity index (χ4n) is 4.25. The predicted molar refractivity (Wildman–Crippen MR) is 108 cm³/mol. The van der Waals surface area contributed by atoms with Crippen LogP contribution < -0.4 is 10.1 Å². The van der Waals surface area contributed by atoms with Crippen molar-refractivity contribution >= 4 is 29.4 Å². The molecule has 1 saturated carbocycles. The molecule has 0 spiro atoms. The lowest BCUT2D eigenvalue weighted by atomic mass is 10.1. The zero-order chi connectivity index (χ0) is 21.1. The van der Waals surface area contributed by atoms with Gasteiger partial charge in [-0.1, -0.05) is 18.9 Å². The van der Waals surface area contributed by atoms with E-state index in [2.05, 4.69) is 10.3 Å². The van der Waals surface area contributed by atoms with Crippen LogP contribution in [0.25, 0.3) is 0 Å². The summed E-state index contributed by atoms with van der Waals surface area (Å²) in [4.78, 5) is 43.1. The van der Waals surface area contributed by atoms with Gasteiger partial charge in [0.2, 0.25) is 17.8 Å². The van der Waals surface area contributed by atoms with Gasteiger partial charge in [-0.3, -0.25) is 19.7 Å². The Morgan fingerprint density at radius 2 is 2.07 bits per heavy atom. The van der Waals surface area contributed by atoms with Crippen molar-refractivity contribution in [2.45, 2.75) is 51.1 Å². The molecule has 9 heteroatoms. The largest absolute Gasteiger partial charge is 0.494 e. The first-order valence-corrected chi connectivity index (χ1v) is 10.4. The smallest absolute Gasteiger partial charge is 0.323 e. The van der Waals surface area contributed by atoms with Gasteiger partial charge in [-0.05, 0) is 30.9 Å². The summed E-state index contributed by atoms with van der Waals surface area (Å²) in [5.41, 5.74) is 1.80. The molecule has 3 aliphatic rings. The lowest BCUT2D eigenvalue weighted by molar-refractivity contribution is -0.146. The van der Waals surface area contributed by atoms with Crippen LogP contribution in [0.5, 0.6) is 5.75 Å². The van der Waals surface area contributed by atoms with E-state index in [1.54, 1.807) is 0 Å². The number of amides is 2. The van der Waals surface area contributed by atoms with Crippen molar-refractivity contribution in [3.63, 3.8) is 0 Å². The molecule has 1 aromatic rings. The molecule has 2 heterocycles. The Morgan fingerprint density at radius 3 is 2.83 bits per heavy atom. The normalized spacial score (nSPS) is 17.8. The highest BCUT2D eigenvalue weighted by atomic mass is 16.5. The molecular weight excluding hydrogens is 388 g/mol. The molecule has 2 N–H and O–H groups in total. The summed E-state index contributed by atoms with van der Waals surface area (Å²) in [6, 6.07) is 5.68. The number of aliphatic imine (C=N–C) groups is 1. The van der Waals surface area contributed by atoms with Gasteiger partial charge in [0.15, 0.2) is 0 Å². The number of hydrogen-bond acceptors (Lipinski definition) is 6. The van der Waals surface area contributed by atoms with Crippen LogP contribution in [0.1, 0.15) is 44.1 Å². The van der Waals surface area contributed by atoms with Gasteiger partial charge >= 0.3 is 5.97 Å². The van der Waals surface area contributed by atoms with E-state index < -0.39 is 5.97 Å². The standard InChI is InChI=1S/C21H26N4O5/c26-18-12-24-11-14-7-8-16(10-17(14)22-21(24)23-18)30-9-3-6-19(27)25(13-20(28)29)15-4-1-2-5-15/h7-8,10,15H,1-6,9,11-13H2,(H,28,29)(H,22,23,26). The van der Waals surface area contributed by atoms with Gasteiger partial charge < -0.3 is 19.6 Å². The Morgan fingerprint density at radius 1 is 1.27 bits per heavy atom. The first kappa shape index (κ1) is 20.2. The number of rotatable bonds is 8. The molecule has 1 aliphatic carbocycles. The molecule has 0 atom stereocenters. The van der Waals surface area contributed by atoms with E-state index in [0.717, 1.165) is 36.9 Å². The van der Waals surface area contributed by atoms with Crippen molar-refractivity contribution in [2.24, 2.45) is 4.99 Å². The van der Waals surface area contributed by atoms with E-state index in [1.165, 1.54) is 4.90 Å². The Hall–Kier alpha value is -3.10. The monoisotopic (exact) mass is 414 g/mol. The lowest BCUT2D eigenvalue weighted by Gasteiger charge is -2.27. The lowest BCUT2D eigenvalue weighted by Crippen LogP contribution is -2.42. The molecule has 2 amide bonds. The number of carbonyl (C=O) groups excluding carboxylic acids is 2. The van der Waals surface area contributed by atoms with E-state index in [1.807, 2.05) is 23.1 Å². The van der Waals surface area contributed by atoms with Crippen molar-refractivity contribution in [3.05, 3.63) is 23.8 Å². The number of fused-ring (bicyclic) bond motifs is 2. The quantitative estimate of drug-likeness (QED) is 0.626. The van der Waals surface area contributed by atoms with E-state index in [0.29, 0.717) is 37.8 Å². The van der Waals surface area contributed by atoms with Crippen molar-refractivity contribution in [2.75, 3.05) is 19.7 Å². The number of benzene rings is 1. The summed E-state index contributed by atoms with van der Waals surface area (Å²) in [5, 5.41) is 11.9. The average Bonchev–Trinajstić information content (AvgIpc) is 3.35. The zero-order valence-electron chi connectivity index (χ0n) is 16.8. The Labute approximate surface area is 174 Å². The van der Waals surface area contributed by atoms with Gasteiger partial charge in [0, 0.05) is 25.1 Å². The van der Waals surface area contributed by atoms with Gasteiger partial charge in [0.1, 0.15) is 18.8 Å². The van der Waals surface area contributed by atoms with Crippen LogP contribution in [0.3, 0.4) is 0 Å². The molecule has 1 saturated heterocycles. The Kier molecular flexibility index (Phi) is 5.87. The van der Waals surface area contributed by atoms with E-state index >= 15 is 0 Å². The third kappa shape index (κ3) is 4.55. The van der Waals surface area contributed by atoms with Crippen molar-refractivity contribution < 1.29 is 24.2 Å². The molecule has 0 bridgehead atoms. The summed E-state index contributed by atoms with van der Waals surface area (Å²) in [6.45, 7) is 1.07. The van der Waals surface area contributed by atoms with Gasteiger partial charge in [-0.15, -0.1) is 0 Å². The minimum absolute atomic E-state index is 0.0462. The number of hydrogen-bond donors (Lipinski definition) is 2. The second kappa shape index (κ2) is 8.73. The molecule has 4 rings (SSSR count). The minimum Gasteiger partial charge on any atom is -0.494 e. The maximum absolute atomic E-state index is 12.6. The molecule has 9 nitrogen and oxygen atoms in total. The SMILES string of the molecule is O=C(O)CN(C(=O)CCCOc1ccc2c(c1)N=C1NC(=O)CN1C2)C1CCCC1. The van der Waals surface area contributed by atoms with E-state index in [9.17, 15) is 14.4 Å². The first-order chi connectivity index (χ1) is 14.5. The molecule has 160 valence electrons. The summed E-state index contributed by atoms with van der Waals surface area (Å²) in [7, 11) is 0. The molecular formula is C21H26N4O5. The first-order valence-electron chi connectivity index (χ1n) is 10.4. The summed E-state index contributed by atoms with van der Waals surface area (Å²) < 4.78 is 5.78. The second-order valence-electron chi connectivity index (χ2n) is 7.94. The van der Waals surface area contributed by atoms with Crippen molar-refractivity contribution in [3.8, 4) is 5.75 Å². The maximum Gasteiger partial charge on any atom is 0.323 e. The third-order valence-corrected chi connectivity index (χ3v) is 5.72. The molecule has 0 radical (unpaired) electrons. The topological polar surface area (TPSA) is 112 Å². The zero-order valence-corrected chi connectivity index (χ0v) is 16.8. The van der Waals surface area contributed by atoms with Gasteiger partial charge in [0.05, 0.1) is 12.3 Å². The van der Waals surface area contributed by atoms with Crippen LogP contribution >= 0.6 is 0 Å². The molecule has 0 aromatic heterocycles. The van der Waals surface area contributed by atoms with Gasteiger partial charge in [-0.2, -0.15) is 0 Å². The van der Waals surface area contributed by atoms with Gasteiger partial charge in [0.25, 0.3) is 0 Å². The number of ether oxygens (including phenoxy) is 1. The average molecular weight is 414 g/mol. The van der Waals surface area contributed by atoms with Crippen LogP contribution in [0.2, 0.25) is 0 Å². The number of carbonyl (C=O) groups is 3. The third-order valence-electron chi connectivity index (χ3n) is 5.72. The fourth-order valence-corrected chi connectivity index (χ4v) is 4.25. The highest BCUT2D eigenvalue weighted by molar-refractivity contribution is 6.05. The van der Waals surface area contributed by atoms with Crippen molar-refractivity contribution in [1.82, 2.24) is 15.1 Å². The van der Waals surface area contributed by atoms with Crippen LogP contribution in [0.15, 0.2) is 23.2 Å². The van der Waals surface area contributed by atoms with Gasteiger partial charge in [-0.25, -0.2) is 4.99 Å². The number of nitrogens with one attached hydrogen (secondary N) is 1. The summed E-state index contributed by atoms with van der Waals surface area (Å²) >= 11 is 0. The molecule has 1 aromatic carbocycles. The van der Waals surface area contributed by atoms with Crippen LogP contribution in [-0.2, 0) is 20.9 Å². The number of carboxylic acids is 1. The molecule has 30 heavy (non-hydrogen) atoms. The number of carboxylic acid groups (broad SMARTS) is 1. The molecule has 0 unspecified atom stereocenters. The highest BCUT2D eigenvalue weighted by Gasteiger charge is 2.29. The minimum atomic E-state index is -0.973. The summed E-state index contributed by atoms with van der Waals surface area (Å²) in [6.07, 6.45) is 4.62. The van der Waals surface area contributed by atoms with E-state index in [4.69, 9.17) is 9.84 Å². The fraction of sp³-hybridized carbons (Fsp3) is 0.524. The molecule has 2 aliphatic heterocycles. The number of nitrogens with zero attached hydrogens (tertiary/aromatic N) is 3. The van der Waals surface area contributed by atoms with Crippen LogP contribution in [0, 0.1) is 0 Å². The number of guanidine groups is 1. The van der Waals surface area contributed by atoms with Crippen LogP contribution in [-0.4, -0.2) is 64.4 Å². The number of aliphatic carboxylic acids is 1. The van der Waals surface area contributed by atoms with E-state index in [-0.39, 0.29) is 30.8 Å².